The summed E-state index contributed by atoms with van der Waals surface area (Å²) in [7, 11) is 0. The monoisotopic (exact) mass is 238 g/mol. The second-order valence-electron chi connectivity index (χ2n) is 3.61. The lowest BCUT2D eigenvalue weighted by Gasteiger charge is -2.06. The Morgan fingerprint density at radius 1 is 0.938 bits per heavy atom. The molecule has 0 radical (unpaired) electrons. The minimum absolute atomic E-state index is 0.0118. The topological polar surface area (TPSA) is 0 Å². The third kappa shape index (κ3) is 2.07. The van der Waals surface area contributed by atoms with Gasteiger partial charge in [-0.3, -0.25) is 0 Å². The Bertz CT molecular complexity index is 495. The van der Waals surface area contributed by atoms with Gasteiger partial charge < -0.3 is 0 Å². The van der Waals surface area contributed by atoms with Gasteiger partial charge in [-0.25, -0.2) is 8.78 Å². The van der Waals surface area contributed by atoms with Crippen LogP contribution in [0, 0.1) is 18.6 Å². The lowest BCUT2D eigenvalue weighted by atomic mass is 10.0. The van der Waals surface area contributed by atoms with Crippen molar-refractivity contribution in [3.05, 3.63) is 58.6 Å². The van der Waals surface area contributed by atoms with Gasteiger partial charge in [0.25, 0.3) is 0 Å². The Kier molecular flexibility index (Phi) is 2.92. The quantitative estimate of drug-likeness (QED) is 0.682. The summed E-state index contributed by atoms with van der Waals surface area (Å²) in [6.45, 7) is 1.65. The van der Waals surface area contributed by atoms with Gasteiger partial charge in [-0.2, -0.15) is 0 Å². The zero-order chi connectivity index (χ0) is 11.7. The highest BCUT2D eigenvalue weighted by Gasteiger charge is 2.11. The molecule has 2 rings (SSSR count). The third-order valence-electron chi connectivity index (χ3n) is 2.32. The average Bonchev–Trinajstić information content (AvgIpc) is 2.19. The van der Waals surface area contributed by atoms with Crippen LogP contribution >= 0.6 is 11.6 Å². The number of rotatable bonds is 1. The van der Waals surface area contributed by atoms with E-state index in [-0.39, 0.29) is 5.56 Å². The van der Waals surface area contributed by atoms with Gasteiger partial charge in [0.15, 0.2) is 0 Å². The van der Waals surface area contributed by atoms with E-state index in [4.69, 9.17) is 11.6 Å². The van der Waals surface area contributed by atoms with E-state index >= 15 is 0 Å². The van der Waals surface area contributed by atoms with Crippen LogP contribution in [-0.4, -0.2) is 0 Å². The molecule has 0 nitrogen and oxygen atoms in total. The molecule has 0 heterocycles. The van der Waals surface area contributed by atoms with Crippen molar-refractivity contribution in [3.63, 3.8) is 0 Å². The van der Waals surface area contributed by atoms with Gasteiger partial charge in [0.1, 0.15) is 11.6 Å². The molecule has 0 unspecified atom stereocenters. The van der Waals surface area contributed by atoms with Gasteiger partial charge in [-0.05, 0) is 42.3 Å². The molecule has 3 heteroatoms. The number of aryl methyl sites for hydroxylation is 1. The Balaban J connectivity index is 2.60. The normalized spacial score (nSPS) is 10.5. The summed E-state index contributed by atoms with van der Waals surface area (Å²) in [4.78, 5) is 0. The molecule has 2 aromatic carbocycles. The van der Waals surface area contributed by atoms with E-state index in [1.54, 1.807) is 31.2 Å². The van der Waals surface area contributed by atoms with Gasteiger partial charge in [0.2, 0.25) is 0 Å². The first-order valence-corrected chi connectivity index (χ1v) is 5.17. The van der Waals surface area contributed by atoms with E-state index in [2.05, 4.69) is 0 Å². The predicted octanol–water partition coefficient (Wildman–Crippen LogP) is 4.59. The van der Waals surface area contributed by atoms with E-state index in [1.807, 2.05) is 0 Å². The average molecular weight is 239 g/mol. The predicted molar refractivity (Wildman–Crippen MR) is 61.5 cm³/mol. The molecule has 0 saturated carbocycles. The summed E-state index contributed by atoms with van der Waals surface area (Å²) in [5.74, 6) is -1.11. The van der Waals surface area contributed by atoms with Crippen molar-refractivity contribution in [2.75, 3.05) is 0 Å². The molecule has 82 valence electrons. The second-order valence-corrected chi connectivity index (χ2v) is 4.05. The summed E-state index contributed by atoms with van der Waals surface area (Å²) in [6.07, 6.45) is 0. The van der Waals surface area contributed by atoms with E-state index in [0.717, 1.165) is 0 Å². The minimum Gasteiger partial charge on any atom is -0.206 e. The van der Waals surface area contributed by atoms with Crippen molar-refractivity contribution in [1.29, 1.82) is 0 Å². The van der Waals surface area contributed by atoms with Crippen LogP contribution in [0.25, 0.3) is 11.1 Å². The number of halogens is 3. The fraction of sp³-hybridized carbons (Fsp3) is 0.0769. The number of hydrogen-bond donors (Lipinski definition) is 0. The SMILES string of the molecule is Cc1cc(F)c(-c2ccc(Cl)cc2)c(F)c1. The summed E-state index contributed by atoms with van der Waals surface area (Å²) < 4.78 is 27.2. The summed E-state index contributed by atoms with van der Waals surface area (Å²) in [6, 6.07) is 9.03. The van der Waals surface area contributed by atoms with Crippen molar-refractivity contribution in [2.45, 2.75) is 6.92 Å². The fourth-order valence-corrected chi connectivity index (χ4v) is 1.72. The van der Waals surface area contributed by atoms with E-state index in [1.165, 1.54) is 12.1 Å². The lowest BCUT2D eigenvalue weighted by molar-refractivity contribution is 0.588. The molecule has 0 spiro atoms. The van der Waals surface area contributed by atoms with Gasteiger partial charge in [0.05, 0.1) is 5.56 Å². The molecule has 0 N–H and O–H groups in total. The molecule has 0 amide bonds. The first-order valence-electron chi connectivity index (χ1n) is 4.79. The highest BCUT2D eigenvalue weighted by molar-refractivity contribution is 6.30. The Morgan fingerprint density at radius 2 is 1.44 bits per heavy atom. The number of benzene rings is 2. The molecule has 2 aromatic rings. The van der Waals surface area contributed by atoms with Crippen molar-refractivity contribution in [2.24, 2.45) is 0 Å². The van der Waals surface area contributed by atoms with Crippen LogP contribution in [0.15, 0.2) is 36.4 Å². The van der Waals surface area contributed by atoms with Crippen LogP contribution in [-0.2, 0) is 0 Å². The van der Waals surface area contributed by atoms with Gasteiger partial charge in [-0.15, -0.1) is 0 Å². The van der Waals surface area contributed by atoms with Crippen molar-refractivity contribution in [1.82, 2.24) is 0 Å². The Labute approximate surface area is 97.5 Å². The lowest BCUT2D eigenvalue weighted by Crippen LogP contribution is -1.91. The van der Waals surface area contributed by atoms with Crippen molar-refractivity contribution in [3.8, 4) is 11.1 Å². The summed E-state index contributed by atoms with van der Waals surface area (Å²) >= 11 is 5.72. The fourth-order valence-electron chi connectivity index (χ4n) is 1.59. The zero-order valence-electron chi connectivity index (χ0n) is 8.60. The Morgan fingerprint density at radius 3 is 1.94 bits per heavy atom. The van der Waals surface area contributed by atoms with E-state index in [9.17, 15) is 8.78 Å². The molecule has 0 aromatic heterocycles. The zero-order valence-corrected chi connectivity index (χ0v) is 9.35. The summed E-state index contributed by atoms with van der Waals surface area (Å²) in [5.41, 5.74) is 1.04. The van der Waals surface area contributed by atoms with Crippen molar-refractivity contribution < 1.29 is 8.78 Å². The molecule has 0 saturated heterocycles. The molecule has 0 aliphatic heterocycles. The maximum atomic E-state index is 13.6. The molecular formula is C13H9ClF2. The van der Waals surface area contributed by atoms with Gasteiger partial charge in [-0.1, -0.05) is 23.7 Å². The molecule has 0 fully saturated rings. The minimum atomic E-state index is -0.556. The van der Waals surface area contributed by atoms with Gasteiger partial charge in [0, 0.05) is 5.02 Å². The van der Waals surface area contributed by atoms with Crippen LogP contribution in [0.5, 0.6) is 0 Å². The van der Waals surface area contributed by atoms with Crippen LogP contribution in [0.4, 0.5) is 8.78 Å². The molecule has 0 aliphatic carbocycles. The van der Waals surface area contributed by atoms with Crippen LogP contribution in [0.3, 0.4) is 0 Å². The second kappa shape index (κ2) is 4.22. The van der Waals surface area contributed by atoms with Gasteiger partial charge >= 0.3 is 0 Å². The molecule has 0 bridgehead atoms. The molecule has 0 atom stereocenters. The molecular weight excluding hydrogens is 230 g/mol. The first kappa shape index (κ1) is 11.1. The van der Waals surface area contributed by atoms with E-state index in [0.29, 0.717) is 16.1 Å². The third-order valence-corrected chi connectivity index (χ3v) is 2.57. The maximum absolute atomic E-state index is 13.6. The largest absolute Gasteiger partial charge is 0.206 e. The van der Waals surface area contributed by atoms with Crippen molar-refractivity contribution >= 4 is 11.6 Å². The molecule has 16 heavy (non-hydrogen) atoms. The molecule has 0 aliphatic rings. The van der Waals surface area contributed by atoms with Crippen LogP contribution in [0.2, 0.25) is 5.02 Å². The first-order chi connectivity index (χ1) is 7.58. The highest BCUT2D eigenvalue weighted by Crippen LogP contribution is 2.27. The summed E-state index contributed by atoms with van der Waals surface area (Å²) in [5, 5.41) is 0.539. The Hall–Kier alpha value is -1.41. The maximum Gasteiger partial charge on any atom is 0.134 e. The highest BCUT2D eigenvalue weighted by atomic mass is 35.5. The van der Waals surface area contributed by atoms with Crippen LogP contribution < -0.4 is 0 Å². The standard InChI is InChI=1S/C13H9ClF2/c1-8-6-11(15)13(12(16)7-8)9-2-4-10(14)5-3-9/h2-7H,1H3. The van der Waals surface area contributed by atoms with Crippen LogP contribution in [0.1, 0.15) is 5.56 Å². The smallest absolute Gasteiger partial charge is 0.134 e. The van der Waals surface area contributed by atoms with E-state index < -0.39 is 11.6 Å². The number of hydrogen-bond acceptors (Lipinski definition) is 0.